The summed E-state index contributed by atoms with van der Waals surface area (Å²) in [6.45, 7) is -0.137. The molecule has 25 heavy (non-hydrogen) atoms. The summed E-state index contributed by atoms with van der Waals surface area (Å²) < 4.78 is 0. The van der Waals surface area contributed by atoms with Gasteiger partial charge in [0, 0.05) is 23.8 Å². The molecule has 0 aromatic carbocycles. The summed E-state index contributed by atoms with van der Waals surface area (Å²) in [5.74, 6) is -0.0576. The van der Waals surface area contributed by atoms with Gasteiger partial charge in [-0.2, -0.15) is 0 Å². The lowest BCUT2D eigenvalue weighted by atomic mass is 9.84. The summed E-state index contributed by atoms with van der Waals surface area (Å²) in [5, 5.41) is 16.6. The second kappa shape index (κ2) is 9.70. The summed E-state index contributed by atoms with van der Waals surface area (Å²) in [5.41, 5.74) is 5.37. The maximum Gasteiger partial charge on any atom is 0.242 e. The van der Waals surface area contributed by atoms with Gasteiger partial charge < -0.3 is 16.4 Å². The lowest BCUT2D eigenvalue weighted by Gasteiger charge is -2.29. The minimum atomic E-state index is -0.563. The van der Waals surface area contributed by atoms with Crippen LogP contribution in [0.25, 0.3) is 0 Å². The van der Waals surface area contributed by atoms with E-state index in [1.165, 1.54) is 19.3 Å². The fourth-order valence-corrected chi connectivity index (χ4v) is 3.97. The Morgan fingerprint density at radius 2 is 1.72 bits per heavy atom. The molecular weight excluding hydrogens is 324 g/mol. The molecule has 0 heterocycles. The van der Waals surface area contributed by atoms with E-state index in [1.54, 1.807) is 0 Å². The van der Waals surface area contributed by atoms with Crippen LogP contribution in [0, 0.1) is 16.0 Å². The van der Waals surface area contributed by atoms with Crippen molar-refractivity contribution in [2.24, 2.45) is 11.7 Å². The summed E-state index contributed by atoms with van der Waals surface area (Å²) in [6, 6.07) is -1.11. The first-order valence-electron chi connectivity index (χ1n) is 9.43. The number of hydrogen-bond donors (Lipinski definition) is 3. The van der Waals surface area contributed by atoms with E-state index in [2.05, 4.69) is 10.6 Å². The number of carbonyl (C=O) groups excluding carboxylic acids is 2. The van der Waals surface area contributed by atoms with Crippen LogP contribution in [0.2, 0.25) is 0 Å². The van der Waals surface area contributed by atoms with E-state index in [1.807, 2.05) is 0 Å². The van der Waals surface area contributed by atoms with Crippen LogP contribution in [0.5, 0.6) is 0 Å². The maximum atomic E-state index is 12.7. The monoisotopic (exact) mass is 354 g/mol. The third kappa shape index (κ3) is 6.26. The van der Waals surface area contributed by atoms with Crippen molar-refractivity contribution in [2.75, 3.05) is 6.54 Å². The SMILES string of the molecule is NCC(=O)NC(CC1CCCCC1)C(=O)NC1CCC([N+](=O)[O-])CC1. The molecular formula is C17H30N4O4. The molecule has 0 aliphatic heterocycles. The highest BCUT2D eigenvalue weighted by atomic mass is 16.6. The van der Waals surface area contributed by atoms with Crippen molar-refractivity contribution >= 4 is 11.8 Å². The van der Waals surface area contributed by atoms with E-state index in [4.69, 9.17) is 5.73 Å². The molecule has 8 heteroatoms. The molecule has 1 atom stereocenters. The molecule has 4 N–H and O–H groups in total. The van der Waals surface area contributed by atoms with Gasteiger partial charge in [-0.1, -0.05) is 32.1 Å². The third-order valence-electron chi connectivity index (χ3n) is 5.47. The van der Waals surface area contributed by atoms with Crippen LogP contribution in [0.3, 0.4) is 0 Å². The standard InChI is InChI=1S/C17H30N4O4/c18-11-16(22)20-15(10-12-4-2-1-3-5-12)17(23)19-13-6-8-14(9-7-13)21(24)25/h12-15H,1-11,18H2,(H,19,23)(H,20,22). The molecule has 2 aliphatic rings. The van der Waals surface area contributed by atoms with E-state index >= 15 is 0 Å². The first-order chi connectivity index (χ1) is 12.0. The van der Waals surface area contributed by atoms with Crippen molar-refractivity contribution in [2.45, 2.75) is 82.3 Å². The summed E-state index contributed by atoms with van der Waals surface area (Å²) in [7, 11) is 0. The molecule has 2 amide bonds. The molecule has 0 saturated heterocycles. The minimum absolute atomic E-state index is 0.0488. The Morgan fingerprint density at radius 3 is 2.28 bits per heavy atom. The zero-order chi connectivity index (χ0) is 18.2. The van der Waals surface area contributed by atoms with Gasteiger partial charge in [-0.3, -0.25) is 19.7 Å². The number of carbonyl (C=O) groups is 2. The van der Waals surface area contributed by atoms with Crippen molar-refractivity contribution < 1.29 is 14.5 Å². The van der Waals surface area contributed by atoms with Gasteiger partial charge in [0.2, 0.25) is 17.9 Å². The fraction of sp³-hybridized carbons (Fsp3) is 0.882. The zero-order valence-corrected chi connectivity index (χ0v) is 14.7. The topological polar surface area (TPSA) is 127 Å². The van der Waals surface area contributed by atoms with Gasteiger partial charge in [0.05, 0.1) is 6.54 Å². The second-order valence-electron chi connectivity index (χ2n) is 7.36. The van der Waals surface area contributed by atoms with Crippen molar-refractivity contribution in [3.63, 3.8) is 0 Å². The third-order valence-corrected chi connectivity index (χ3v) is 5.47. The van der Waals surface area contributed by atoms with Crippen molar-refractivity contribution in [1.82, 2.24) is 10.6 Å². The van der Waals surface area contributed by atoms with Crippen molar-refractivity contribution in [3.05, 3.63) is 10.1 Å². The Labute approximate surface area is 148 Å². The smallest absolute Gasteiger partial charge is 0.242 e. The Hall–Kier alpha value is -1.70. The summed E-state index contributed by atoms with van der Waals surface area (Å²) in [6.07, 6.45) is 8.61. The van der Waals surface area contributed by atoms with E-state index in [0.29, 0.717) is 38.0 Å². The minimum Gasteiger partial charge on any atom is -0.352 e. The highest BCUT2D eigenvalue weighted by Crippen LogP contribution is 2.27. The van der Waals surface area contributed by atoms with Gasteiger partial charge in [0.1, 0.15) is 6.04 Å². The number of amides is 2. The number of nitrogens with one attached hydrogen (secondary N) is 2. The lowest BCUT2D eigenvalue weighted by Crippen LogP contribution is -2.52. The molecule has 0 bridgehead atoms. The Kier molecular flexibility index (Phi) is 7.61. The van der Waals surface area contributed by atoms with Gasteiger partial charge in [0.15, 0.2) is 0 Å². The largest absolute Gasteiger partial charge is 0.352 e. The number of rotatable bonds is 7. The molecule has 0 spiro atoms. The molecule has 1 unspecified atom stereocenters. The van der Waals surface area contributed by atoms with Crippen LogP contribution in [0.4, 0.5) is 0 Å². The number of nitrogens with zero attached hydrogens (tertiary/aromatic N) is 1. The van der Waals surface area contributed by atoms with Crippen LogP contribution in [-0.4, -0.2) is 41.4 Å². The summed E-state index contributed by atoms with van der Waals surface area (Å²) >= 11 is 0. The van der Waals surface area contributed by atoms with Crippen LogP contribution in [-0.2, 0) is 9.59 Å². The van der Waals surface area contributed by atoms with E-state index in [-0.39, 0.29) is 29.3 Å². The normalized spacial score (nSPS) is 25.8. The number of nitrogens with two attached hydrogens (primary N) is 1. The molecule has 8 nitrogen and oxygen atoms in total. The Bertz CT molecular complexity index is 471. The first-order valence-corrected chi connectivity index (χ1v) is 9.43. The van der Waals surface area contributed by atoms with Crippen LogP contribution in [0.1, 0.15) is 64.2 Å². The second-order valence-corrected chi connectivity index (χ2v) is 7.36. The average molecular weight is 354 g/mol. The Morgan fingerprint density at radius 1 is 1.08 bits per heavy atom. The molecule has 0 aromatic rings. The van der Waals surface area contributed by atoms with Gasteiger partial charge >= 0.3 is 0 Å². The van der Waals surface area contributed by atoms with Crippen molar-refractivity contribution in [3.8, 4) is 0 Å². The van der Waals surface area contributed by atoms with Crippen LogP contribution >= 0.6 is 0 Å². The highest BCUT2D eigenvalue weighted by molar-refractivity contribution is 5.88. The van der Waals surface area contributed by atoms with Gasteiger partial charge in [-0.05, 0) is 25.2 Å². The quantitative estimate of drug-likeness (QED) is 0.466. The molecule has 2 aliphatic carbocycles. The van der Waals surface area contributed by atoms with Crippen LogP contribution in [0.15, 0.2) is 0 Å². The number of nitro groups is 1. The van der Waals surface area contributed by atoms with E-state index < -0.39 is 12.1 Å². The molecule has 0 aromatic heterocycles. The zero-order valence-electron chi connectivity index (χ0n) is 14.7. The van der Waals surface area contributed by atoms with Crippen molar-refractivity contribution in [1.29, 1.82) is 0 Å². The average Bonchev–Trinajstić information content (AvgIpc) is 2.62. The van der Waals surface area contributed by atoms with E-state index in [9.17, 15) is 19.7 Å². The molecule has 142 valence electrons. The molecule has 2 saturated carbocycles. The molecule has 2 rings (SSSR count). The van der Waals surface area contributed by atoms with Gasteiger partial charge in [-0.15, -0.1) is 0 Å². The summed E-state index contributed by atoms with van der Waals surface area (Å²) in [4.78, 5) is 34.9. The molecule has 2 fully saturated rings. The highest BCUT2D eigenvalue weighted by Gasteiger charge is 2.31. The number of hydrogen-bond acceptors (Lipinski definition) is 5. The lowest BCUT2D eigenvalue weighted by molar-refractivity contribution is -0.526. The first kappa shape index (κ1) is 19.6. The van der Waals surface area contributed by atoms with Gasteiger partial charge in [0.25, 0.3) is 0 Å². The maximum absolute atomic E-state index is 12.7. The van der Waals surface area contributed by atoms with Crippen LogP contribution < -0.4 is 16.4 Å². The predicted molar refractivity (Wildman–Crippen MR) is 93.4 cm³/mol. The fourth-order valence-electron chi connectivity index (χ4n) is 3.97. The van der Waals surface area contributed by atoms with Gasteiger partial charge in [-0.25, -0.2) is 0 Å². The molecule has 0 radical (unpaired) electrons. The van der Waals surface area contributed by atoms with E-state index in [0.717, 1.165) is 12.8 Å². The predicted octanol–water partition coefficient (Wildman–Crippen LogP) is 1.10. The Balaban J connectivity index is 1.87.